The molecule has 0 radical (unpaired) electrons. The van der Waals surface area contributed by atoms with E-state index in [9.17, 15) is 4.39 Å². The van der Waals surface area contributed by atoms with Crippen molar-refractivity contribution in [3.63, 3.8) is 0 Å². The molecule has 1 aromatic heterocycles. The summed E-state index contributed by atoms with van der Waals surface area (Å²) in [6.45, 7) is 0. The Labute approximate surface area is 92.2 Å². The first-order valence-corrected chi connectivity index (χ1v) is 4.80. The van der Waals surface area contributed by atoms with E-state index < -0.39 is 6.04 Å². The lowest BCUT2D eigenvalue weighted by atomic mass is 10.0. The van der Waals surface area contributed by atoms with Gasteiger partial charge in [-0.3, -0.25) is 5.10 Å². The number of nitrogens with one attached hydrogen (secondary N) is 1. The minimum Gasteiger partial charge on any atom is -0.497 e. The highest BCUT2D eigenvalue weighted by Gasteiger charge is 2.15. The number of hydrogen-bond donors (Lipinski definition) is 2. The van der Waals surface area contributed by atoms with E-state index in [1.807, 2.05) is 0 Å². The number of methoxy groups -OCH3 is 1. The molecule has 0 bridgehead atoms. The molecule has 2 aromatic rings. The average Bonchev–Trinajstić information content (AvgIpc) is 2.81. The van der Waals surface area contributed by atoms with Gasteiger partial charge in [0.05, 0.1) is 18.8 Å². The van der Waals surface area contributed by atoms with E-state index in [-0.39, 0.29) is 5.82 Å². The summed E-state index contributed by atoms with van der Waals surface area (Å²) < 4.78 is 18.6. The molecular formula is C11H12FN3O. The average molecular weight is 221 g/mol. The van der Waals surface area contributed by atoms with Crippen LogP contribution in [-0.4, -0.2) is 17.3 Å². The molecule has 84 valence electrons. The summed E-state index contributed by atoms with van der Waals surface area (Å²) in [7, 11) is 1.49. The molecule has 0 saturated carbocycles. The Balaban J connectivity index is 2.34. The zero-order chi connectivity index (χ0) is 11.5. The first-order chi connectivity index (χ1) is 7.72. The van der Waals surface area contributed by atoms with Crippen LogP contribution in [0.1, 0.15) is 17.3 Å². The normalized spacial score (nSPS) is 12.4. The highest BCUT2D eigenvalue weighted by Crippen LogP contribution is 2.23. The second-order valence-corrected chi connectivity index (χ2v) is 3.38. The number of hydrogen-bond acceptors (Lipinski definition) is 3. The molecule has 1 unspecified atom stereocenters. The van der Waals surface area contributed by atoms with E-state index in [1.54, 1.807) is 24.4 Å². The highest BCUT2D eigenvalue weighted by atomic mass is 19.1. The van der Waals surface area contributed by atoms with Crippen LogP contribution in [0.5, 0.6) is 5.75 Å². The van der Waals surface area contributed by atoms with Gasteiger partial charge in [-0.25, -0.2) is 4.39 Å². The lowest BCUT2D eigenvalue weighted by molar-refractivity contribution is 0.410. The lowest BCUT2D eigenvalue weighted by Gasteiger charge is -2.11. The Morgan fingerprint density at radius 2 is 2.25 bits per heavy atom. The van der Waals surface area contributed by atoms with Crippen LogP contribution in [0.4, 0.5) is 4.39 Å². The number of benzene rings is 1. The number of rotatable bonds is 3. The van der Waals surface area contributed by atoms with Crippen LogP contribution >= 0.6 is 0 Å². The molecule has 4 nitrogen and oxygen atoms in total. The zero-order valence-corrected chi connectivity index (χ0v) is 8.77. The molecule has 0 amide bonds. The Morgan fingerprint density at radius 3 is 2.81 bits per heavy atom. The molecule has 5 heteroatoms. The van der Waals surface area contributed by atoms with Crippen molar-refractivity contribution in [2.75, 3.05) is 7.11 Å². The molecule has 0 aliphatic rings. The van der Waals surface area contributed by atoms with E-state index in [4.69, 9.17) is 10.5 Å². The maximum absolute atomic E-state index is 13.7. The first-order valence-electron chi connectivity index (χ1n) is 4.80. The molecule has 2 rings (SSSR count). The topological polar surface area (TPSA) is 63.9 Å². The predicted octanol–water partition coefficient (Wildman–Crippen LogP) is 1.61. The van der Waals surface area contributed by atoms with Crippen LogP contribution in [0.3, 0.4) is 0 Å². The van der Waals surface area contributed by atoms with Gasteiger partial charge in [-0.2, -0.15) is 5.10 Å². The second-order valence-electron chi connectivity index (χ2n) is 3.38. The van der Waals surface area contributed by atoms with Crippen molar-refractivity contribution in [2.45, 2.75) is 6.04 Å². The molecule has 1 aromatic carbocycles. The Bertz CT molecular complexity index is 470. The van der Waals surface area contributed by atoms with E-state index >= 15 is 0 Å². The lowest BCUT2D eigenvalue weighted by Crippen LogP contribution is -2.14. The van der Waals surface area contributed by atoms with E-state index in [1.165, 1.54) is 13.2 Å². The molecule has 0 aliphatic heterocycles. The van der Waals surface area contributed by atoms with Crippen LogP contribution in [0, 0.1) is 5.82 Å². The largest absolute Gasteiger partial charge is 0.497 e. The van der Waals surface area contributed by atoms with Gasteiger partial charge in [0, 0.05) is 17.8 Å². The SMILES string of the molecule is COc1ccc(C(N)c2ccn[nH]2)c(F)c1. The summed E-state index contributed by atoms with van der Waals surface area (Å²) in [4.78, 5) is 0. The van der Waals surface area contributed by atoms with Crippen molar-refractivity contribution in [1.82, 2.24) is 10.2 Å². The van der Waals surface area contributed by atoms with Gasteiger partial charge >= 0.3 is 0 Å². The molecular weight excluding hydrogens is 209 g/mol. The fraction of sp³-hybridized carbons (Fsp3) is 0.182. The fourth-order valence-electron chi connectivity index (χ4n) is 1.49. The molecule has 16 heavy (non-hydrogen) atoms. The standard InChI is InChI=1S/C11H12FN3O/c1-16-7-2-3-8(9(12)6-7)11(13)10-4-5-14-15-10/h2-6,11H,13H2,1H3,(H,14,15). The molecule has 0 saturated heterocycles. The fourth-order valence-corrected chi connectivity index (χ4v) is 1.49. The van der Waals surface area contributed by atoms with E-state index in [0.717, 1.165) is 0 Å². The summed E-state index contributed by atoms with van der Waals surface area (Å²) in [5, 5.41) is 6.50. The van der Waals surface area contributed by atoms with Crippen molar-refractivity contribution in [2.24, 2.45) is 5.73 Å². The van der Waals surface area contributed by atoms with Crippen molar-refractivity contribution in [3.05, 3.63) is 47.5 Å². The molecule has 0 aliphatic carbocycles. The third-order valence-electron chi connectivity index (χ3n) is 2.40. The molecule has 1 heterocycles. The van der Waals surface area contributed by atoms with Gasteiger partial charge in [-0.15, -0.1) is 0 Å². The number of nitrogens with two attached hydrogens (primary N) is 1. The summed E-state index contributed by atoms with van der Waals surface area (Å²) in [5.74, 6) is 0.0829. The predicted molar refractivity (Wildman–Crippen MR) is 57.6 cm³/mol. The van der Waals surface area contributed by atoms with Crippen molar-refractivity contribution in [3.8, 4) is 5.75 Å². The quantitative estimate of drug-likeness (QED) is 0.827. The number of aromatic nitrogens is 2. The summed E-state index contributed by atoms with van der Waals surface area (Å²) in [6.07, 6.45) is 1.58. The van der Waals surface area contributed by atoms with Gasteiger partial charge in [-0.1, -0.05) is 6.07 Å². The van der Waals surface area contributed by atoms with E-state index in [2.05, 4.69) is 10.2 Å². The monoisotopic (exact) mass is 221 g/mol. The van der Waals surface area contributed by atoms with Crippen molar-refractivity contribution < 1.29 is 9.13 Å². The van der Waals surface area contributed by atoms with Gasteiger partial charge in [0.2, 0.25) is 0 Å². The first kappa shape index (κ1) is 10.6. The third kappa shape index (κ3) is 1.90. The van der Waals surface area contributed by atoms with Crippen LogP contribution in [-0.2, 0) is 0 Å². The minimum absolute atomic E-state index is 0.388. The Hall–Kier alpha value is -1.88. The Morgan fingerprint density at radius 1 is 1.44 bits per heavy atom. The smallest absolute Gasteiger partial charge is 0.132 e. The minimum atomic E-state index is -0.548. The van der Waals surface area contributed by atoms with Crippen LogP contribution in [0.2, 0.25) is 0 Å². The van der Waals surface area contributed by atoms with Crippen LogP contribution < -0.4 is 10.5 Å². The van der Waals surface area contributed by atoms with Gasteiger partial charge < -0.3 is 10.5 Å². The third-order valence-corrected chi connectivity index (χ3v) is 2.40. The summed E-state index contributed by atoms with van der Waals surface area (Å²) in [5.41, 5.74) is 6.98. The summed E-state index contributed by atoms with van der Waals surface area (Å²) >= 11 is 0. The van der Waals surface area contributed by atoms with Gasteiger partial charge in [-0.05, 0) is 12.1 Å². The summed E-state index contributed by atoms with van der Waals surface area (Å²) in [6, 6.07) is 5.77. The van der Waals surface area contributed by atoms with Crippen LogP contribution in [0.25, 0.3) is 0 Å². The number of nitrogens with zero attached hydrogens (tertiary/aromatic N) is 1. The molecule has 0 spiro atoms. The van der Waals surface area contributed by atoms with Crippen LogP contribution in [0.15, 0.2) is 30.5 Å². The number of H-pyrrole nitrogens is 1. The van der Waals surface area contributed by atoms with Crippen molar-refractivity contribution >= 4 is 0 Å². The second kappa shape index (κ2) is 4.32. The van der Waals surface area contributed by atoms with E-state index in [0.29, 0.717) is 17.0 Å². The van der Waals surface area contributed by atoms with Gasteiger partial charge in [0.25, 0.3) is 0 Å². The number of halogens is 1. The maximum atomic E-state index is 13.7. The maximum Gasteiger partial charge on any atom is 0.132 e. The zero-order valence-electron chi connectivity index (χ0n) is 8.77. The molecule has 1 atom stereocenters. The van der Waals surface area contributed by atoms with Gasteiger partial charge in [0.1, 0.15) is 11.6 Å². The number of ether oxygens (including phenoxy) is 1. The van der Waals surface area contributed by atoms with Crippen molar-refractivity contribution in [1.29, 1.82) is 0 Å². The molecule has 0 fully saturated rings. The highest BCUT2D eigenvalue weighted by molar-refractivity contribution is 5.34. The molecule has 3 N–H and O–H groups in total. The Kier molecular flexibility index (Phi) is 2.87. The van der Waals surface area contributed by atoms with Gasteiger partial charge in [0.15, 0.2) is 0 Å². The number of aromatic amines is 1.